The molecule has 0 spiro atoms. The van der Waals surface area contributed by atoms with Crippen molar-refractivity contribution < 1.29 is 0 Å². The third-order valence-electron chi connectivity index (χ3n) is 4.72. The molecule has 25 heavy (non-hydrogen) atoms. The first-order valence-electron chi connectivity index (χ1n) is 8.62. The first-order valence-corrected chi connectivity index (χ1v) is 8.62. The molecule has 0 N–H and O–H groups in total. The summed E-state index contributed by atoms with van der Waals surface area (Å²) in [5, 5.41) is 0. The van der Waals surface area contributed by atoms with Crippen molar-refractivity contribution in [3.63, 3.8) is 0 Å². The van der Waals surface area contributed by atoms with Crippen LogP contribution in [0, 0.1) is 6.92 Å². The zero-order valence-electron chi connectivity index (χ0n) is 14.7. The second-order valence-electron chi connectivity index (χ2n) is 6.61. The monoisotopic (exact) mass is 326 g/mol. The number of benzene rings is 3. The van der Waals surface area contributed by atoms with Crippen LogP contribution in [0.25, 0.3) is 22.3 Å². The van der Waals surface area contributed by atoms with Crippen LogP contribution in [0.1, 0.15) is 5.56 Å². The summed E-state index contributed by atoms with van der Waals surface area (Å²) in [6, 6.07) is 26.0. The fraction of sp³-hybridized carbons (Fsp3) is 0.130. The van der Waals surface area contributed by atoms with Crippen LogP contribution in [0.5, 0.6) is 0 Å². The van der Waals surface area contributed by atoms with Crippen molar-refractivity contribution in [1.82, 2.24) is 4.90 Å². The maximum Gasteiger partial charge on any atom is 0.0939 e. The van der Waals surface area contributed by atoms with E-state index in [0.29, 0.717) is 0 Å². The van der Waals surface area contributed by atoms with Crippen LogP contribution in [0.15, 0.2) is 85.2 Å². The standard InChI is InChI=1S/C23H22N2/c1-18-8-9-22(16-23(18)25-15-14-24(2)17-25)21-12-10-20(11-13-21)19-6-4-3-5-7-19/h3-16H,17H2,1-2H3. The summed E-state index contributed by atoms with van der Waals surface area (Å²) in [6.07, 6.45) is 4.26. The van der Waals surface area contributed by atoms with Crippen molar-refractivity contribution in [2.45, 2.75) is 6.92 Å². The summed E-state index contributed by atoms with van der Waals surface area (Å²) in [5.74, 6) is 0. The molecule has 2 nitrogen and oxygen atoms in total. The Hall–Kier alpha value is -3.00. The van der Waals surface area contributed by atoms with Crippen molar-refractivity contribution in [1.29, 1.82) is 0 Å². The van der Waals surface area contributed by atoms with Crippen molar-refractivity contribution in [2.75, 3.05) is 18.6 Å². The van der Waals surface area contributed by atoms with Crippen LogP contribution in [0.3, 0.4) is 0 Å². The van der Waals surface area contributed by atoms with E-state index in [1.54, 1.807) is 0 Å². The number of aryl methyl sites for hydroxylation is 1. The maximum absolute atomic E-state index is 2.29. The van der Waals surface area contributed by atoms with Gasteiger partial charge in [-0.2, -0.15) is 0 Å². The summed E-state index contributed by atoms with van der Waals surface area (Å²) in [6.45, 7) is 3.07. The minimum atomic E-state index is 0.900. The lowest BCUT2D eigenvalue weighted by molar-refractivity contribution is 0.495. The van der Waals surface area contributed by atoms with Crippen LogP contribution >= 0.6 is 0 Å². The minimum absolute atomic E-state index is 0.900. The van der Waals surface area contributed by atoms with Gasteiger partial charge in [0.05, 0.1) is 6.67 Å². The van der Waals surface area contributed by atoms with Crippen LogP contribution < -0.4 is 4.90 Å². The van der Waals surface area contributed by atoms with E-state index < -0.39 is 0 Å². The minimum Gasteiger partial charge on any atom is -0.361 e. The fourth-order valence-corrected chi connectivity index (χ4v) is 3.27. The third-order valence-corrected chi connectivity index (χ3v) is 4.72. The molecule has 1 aliphatic rings. The predicted octanol–water partition coefficient (Wildman–Crippen LogP) is 5.51. The van der Waals surface area contributed by atoms with Crippen molar-refractivity contribution in [3.05, 3.63) is 90.8 Å². The average Bonchev–Trinajstić information content (AvgIpc) is 3.09. The highest BCUT2D eigenvalue weighted by Gasteiger charge is 2.13. The number of anilines is 1. The Morgan fingerprint density at radius 1 is 0.680 bits per heavy atom. The van der Waals surface area contributed by atoms with Gasteiger partial charge in [0, 0.05) is 25.1 Å². The number of nitrogens with zero attached hydrogens (tertiary/aromatic N) is 2. The molecule has 3 aromatic rings. The summed E-state index contributed by atoms with van der Waals surface area (Å²) >= 11 is 0. The first-order chi connectivity index (χ1) is 12.2. The summed E-state index contributed by atoms with van der Waals surface area (Å²) < 4.78 is 0. The second-order valence-corrected chi connectivity index (χ2v) is 6.61. The predicted molar refractivity (Wildman–Crippen MR) is 106 cm³/mol. The van der Waals surface area contributed by atoms with Crippen molar-refractivity contribution >= 4 is 5.69 Å². The lowest BCUT2D eigenvalue weighted by atomic mass is 9.99. The largest absolute Gasteiger partial charge is 0.361 e. The summed E-state index contributed by atoms with van der Waals surface area (Å²) in [4.78, 5) is 4.47. The molecule has 0 aromatic heterocycles. The summed E-state index contributed by atoms with van der Waals surface area (Å²) in [7, 11) is 2.10. The van der Waals surface area contributed by atoms with Gasteiger partial charge in [-0.3, -0.25) is 0 Å². The number of hydrogen-bond donors (Lipinski definition) is 0. The summed E-state index contributed by atoms with van der Waals surface area (Å²) in [5.41, 5.74) is 7.57. The van der Waals surface area contributed by atoms with Gasteiger partial charge in [-0.05, 0) is 40.8 Å². The van der Waals surface area contributed by atoms with E-state index in [4.69, 9.17) is 0 Å². The molecule has 1 heterocycles. The van der Waals surface area contributed by atoms with Crippen LogP contribution in [-0.4, -0.2) is 18.6 Å². The molecule has 0 unspecified atom stereocenters. The number of rotatable bonds is 3. The van der Waals surface area contributed by atoms with Gasteiger partial charge in [0.2, 0.25) is 0 Å². The molecule has 0 radical (unpaired) electrons. The zero-order valence-corrected chi connectivity index (χ0v) is 14.7. The van der Waals surface area contributed by atoms with Crippen LogP contribution in [0.2, 0.25) is 0 Å². The lowest BCUT2D eigenvalue weighted by Crippen LogP contribution is -2.22. The van der Waals surface area contributed by atoms with E-state index in [9.17, 15) is 0 Å². The number of hydrogen-bond acceptors (Lipinski definition) is 2. The third kappa shape index (κ3) is 3.16. The highest BCUT2D eigenvalue weighted by molar-refractivity contribution is 5.74. The molecule has 0 amide bonds. The molecular formula is C23H22N2. The topological polar surface area (TPSA) is 6.48 Å². The Bertz CT molecular complexity index is 895. The molecule has 2 heteroatoms. The average molecular weight is 326 g/mol. The molecule has 0 saturated heterocycles. The molecule has 0 atom stereocenters. The Labute approximate surface area is 149 Å². The molecule has 0 saturated carbocycles. The second kappa shape index (κ2) is 6.48. The molecule has 124 valence electrons. The lowest BCUT2D eigenvalue weighted by Gasteiger charge is -2.21. The SMILES string of the molecule is Cc1ccc(-c2ccc(-c3ccccc3)cc2)cc1N1C=CN(C)C1. The molecule has 3 aromatic carbocycles. The van der Waals surface area contributed by atoms with Gasteiger partial charge in [0.15, 0.2) is 0 Å². The van der Waals surface area contributed by atoms with Gasteiger partial charge in [-0.15, -0.1) is 0 Å². The zero-order chi connectivity index (χ0) is 17.2. The van der Waals surface area contributed by atoms with E-state index in [1.165, 1.54) is 33.5 Å². The first kappa shape index (κ1) is 15.5. The molecule has 1 aliphatic heterocycles. The maximum atomic E-state index is 2.29. The van der Waals surface area contributed by atoms with Crippen LogP contribution in [0.4, 0.5) is 5.69 Å². The Morgan fingerprint density at radius 3 is 1.92 bits per heavy atom. The molecule has 0 fully saturated rings. The van der Waals surface area contributed by atoms with E-state index in [0.717, 1.165) is 6.67 Å². The van der Waals surface area contributed by atoms with Crippen molar-refractivity contribution in [2.24, 2.45) is 0 Å². The van der Waals surface area contributed by atoms with Gasteiger partial charge >= 0.3 is 0 Å². The van der Waals surface area contributed by atoms with E-state index >= 15 is 0 Å². The Morgan fingerprint density at radius 2 is 1.28 bits per heavy atom. The molecule has 4 rings (SSSR count). The molecular weight excluding hydrogens is 304 g/mol. The van der Waals surface area contributed by atoms with Gasteiger partial charge in [-0.1, -0.05) is 66.7 Å². The van der Waals surface area contributed by atoms with E-state index in [-0.39, 0.29) is 0 Å². The van der Waals surface area contributed by atoms with Crippen molar-refractivity contribution in [3.8, 4) is 22.3 Å². The van der Waals surface area contributed by atoms with Gasteiger partial charge in [-0.25, -0.2) is 0 Å². The van der Waals surface area contributed by atoms with E-state index in [2.05, 4.69) is 109 Å². The highest BCUT2D eigenvalue weighted by Crippen LogP contribution is 2.31. The fourth-order valence-electron chi connectivity index (χ4n) is 3.27. The molecule has 0 aliphatic carbocycles. The van der Waals surface area contributed by atoms with Crippen LogP contribution in [-0.2, 0) is 0 Å². The molecule has 0 bridgehead atoms. The van der Waals surface area contributed by atoms with Gasteiger partial charge < -0.3 is 9.80 Å². The van der Waals surface area contributed by atoms with E-state index in [1.807, 2.05) is 0 Å². The Kier molecular flexibility index (Phi) is 4.02. The smallest absolute Gasteiger partial charge is 0.0939 e. The quantitative estimate of drug-likeness (QED) is 0.626. The normalized spacial score (nSPS) is 13.5. The van der Waals surface area contributed by atoms with Gasteiger partial charge in [0.25, 0.3) is 0 Å². The van der Waals surface area contributed by atoms with Gasteiger partial charge in [0.1, 0.15) is 0 Å². The Balaban J connectivity index is 1.65. The highest BCUT2D eigenvalue weighted by atomic mass is 15.3.